The molecule has 124 valence electrons. The molecule has 4 heteroatoms. The minimum absolute atomic E-state index is 0.133. The van der Waals surface area contributed by atoms with E-state index in [2.05, 4.69) is 5.10 Å². The SMILES string of the molecule is C/C=C/C(=O)c1c(/C=C/c2ccccc2)[nH]n(-c2ccccc2)c1=O. The van der Waals surface area contributed by atoms with Crippen molar-refractivity contribution in [1.82, 2.24) is 9.78 Å². The van der Waals surface area contributed by atoms with Crippen LogP contribution >= 0.6 is 0 Å². The van der Waals surface area contributed by atoms with Crippen molar-refractivity contribution in [3.05, 3.63) is 100.0 Å². The molecule has 2 aromatic carbocycles. The van der Waals surface area contributed by atoms with Crippen LogP contribution in [0.4, 0.5) is 0 Å². The standard InChI is InChI=1S/C21H18N2O2/c1-2-9-19(24)20-18(15-14-16-10-5-3-6-11-16)22-23(21(20)25)17-12-7-4-8-13-17/h2-15,22H,1H3/b9-2+,15-14+. The number of H-pyrrole nitrogens is 1. The topological polar surface area (TPSA) is 54.9 Å². The summed E-state index contributed by atoms with van der Waals surface area (Å²) in [5, 5.41) is 3.04. The first-order valence-corrected chi connectivity index (χ1v) is 8.01. The molecule has 0 fully saturated rings. The van der Waals surface area contributed by atoms with Crippen molar-refractivity contribution < 1.29 is 4.79 Å². The number of nitrogens with zero attached hydrogens (tertiary/aromatic N) is 1. The first kappa shape index (κ1) is 16.5. The van der Waals surface area contributed by atoms with Gasteiger partial charge in [-0.05, 0) is 36.8 Å². The van der Waals surface area contributed by atoms with E-state index in [1.54, 1.807) is 19.1 Å². The first-order chi connectivity index (χ1) is 12.2. The van der Waals surface area contributed by atoms with Gasteiger partial charge in [-0.1, -0.05) is 60.7 Å². The van der Waals surface area contributed by atoms with Gasteiger partial charge in [-0.25, -0.2) is 4.68 Å². The Balaban J connectivity index is 2.11. The van der Waals surface area contributed by atoms with Crippen LogP contribution in [0.2, 0.25) is 0 Å². The molecule has 3 rings (SSSR count). The van der Waals surface area contributed by atoms with Crippen LogP contribution in [0.1, 0.15) is 28.5 Å². The fraction of sp³-hybridized carbons (Fsp3) is 0.0476. The maximum absolute atomic E-state index is 12.8. The second kappa shape index (κ2) is 7.45. The van der Waals surface area contributed by atoms with E-state index >= 15 is 0 Å². The Morgan fingerprint density at radius 1 is 0.960 bits per heavy atom. The van der Waals surface area contributed by atoms with Gasteiger partial charge in [0, 0.05) is 0 Å². The van der Waals surface area contributed by atoms with E-state index in [0.29, 0.717) is 11.4 Å². The fourth-order valence-corrected chi connectivity index (χ4v) is 2.55. The molecule has 0 spiro atoms. The minimum atomic E-state index is -0.359. The zero-order valence-corrected chi connectivity index (χ0v) is 13.8. The number of carbonyl (C=O) groups excluding carboxylic acids is 1. The van der Waals surface area contributed by atoms with Crippen molar-refractivity contribution in [3.63, 3.8) is 0 Å². The maximum atomic E-state index is 12.8. The normalized spacial score (nSPS) is 11.4. The molecule has 0 amide bonds. The van der Waals surface area contributed by atoms with Crippen LogP contribution in [-0.2, 0) is 0 Å². The lowest BCUT2D eigenvalue weighted by molar-refractivity contribution is 0.104. The highest BCUT2D eigenvalue weighted by Crippen LogP contribution is 2.13. The van der Waals surface area contributed by atoms with E-state index < -0.39 is 0 Å². The quantitative estimate of drug-likeness (QED) is 0.566. The largest absolute Gasteiger partial charge is 0.290 e. The summed E-state index contributed by atoms with van der Waals surface area (Å²) in [4.78, 5) is 25.1. The molecule has 0 unspecified atom stereocenters. The number of hydrogen-bond acceptors (Lipinski definition) is 2. The zero-order valence-electron chi connectivity index (χ0n) is 13.8. The van der Waals surface area contributed by atoms with Gasteiger partial charge in [0.05, 0.1) is 11.4 Å². The summed E-state index contributed by atoms with van der Waals surface area (Å²) in [5.74, 6) is -0.314. The second-order valence-electron chi connectivity index (χ2n) is 5.48. The van der Waals surface area contributed by atoms with Gasteiger partial charge in [0.1, 0.15) is 5.56 Å². The van der Waals surface area contributed by atoms with Crippen molar-refractivity contribution in [2.24, 2.45) is 0 Å². The summed E-state index contributed by atoms with van der Waals surface area (Å²) in [7, 11) is 0. The Labute approximate surface area is 145 Å². The number of allylic oxidation sites excluding steroid dienone is 2. The fourth-order valence-electron chi connectivity index (χ4n) is 2.55. The van der Waals surface area contributed by atoms with Crippen molar-refractivity contribution in [1.29, 1.82) is 0 Å². The number of aromatic amines is 1. The Bertz CT molecular complexity index is 978. The molecule has 0 saturated carbocycles. The molecule has 25 heavy (non-hydrogen) atoms. The molecule has 0 aliphatic heterocycles. The molecule has 1 heterocycles. The molecule has 1 N–H and O–H groups in total. The molecular formula is C21H18N2O2. The van der Waals surface area contributed by atoms with Gasteiger partial charge in [-0.15, -0.1) is 0 Å². The van der Waals surface area contributed by atoms with Gasteiger partial charge in [0.2, 0.25) is 0 Å². The molecule has 0 bridgehead atoms. The summed E-state index contributed by atoms with van der Waals surface area (Å²) in [6.07, 6.45) is 6.66. The number of para-hydroxylation sites is 1. The highest BCUT2D eigenvalue weighted by Gasteiger charge is 2.18. The molecule has 0 aliphatic rings. The summed E-state index contributed by atoms with van der Waals surface area (Å²) < 4.78 is 1.39. The molecular weight excluding hydrogens is 312 g/mol. The Hall–Kier alpha value is -3.40. The number of aromatic nitrogens is 2. The number of hydrogen-bond donors (Lipinski definition) is 1. The van der Waals surface area contributed by atoms with Crippen LogP contribution in [0.15, 0.2) is 77.6 Å². The smallest absolute Gasteiger partial charge is 0.283 e. The number of rotatable bonds is 5. The number of carbonyl (C=O) groups is 1. The lowest BCUT2D eigenvalue weighted by Crippen LogP contribution is -2.19. The molecule has 3 aromatic rings. The summed E-state index contributed by atoms with van der Waals surface area (Å²) in [5.41, 5.74) is 1.93. The van der Waals surface area contributed by atoms with Crippen LogP contribution in [0, 0.1) is 0 Å². The second-order valence-corrected chi connectivity index (χ2v) is 5.48. The predicted octanol–water partition coefficient (Wildman–Crippen LogP) is 4.09. The van der Waals surface area contributed by atoms with Crippen molar-refractivity contribution in [2.75, 3.05) is 0 Å². The first-order valence-electron chi connectivity index (χ1n) is 8.01. The summed E-state index contributed by atoms with van der Waals surface area (Å²) in [6, 6.07) is 18.9. The van der Waals surface area contributed by atoms with E-state index in [4.69, 9.17) is 0 Å². The molecule has 1 aromatic heterocycles. The van der Waals surface area contributed by atoms with E-state index in [1.165, 1.54) is 10.8 Å². The van der Waals surface area contributed by atoms with Crippen LogP contribution in [-0.4, -0.2) is 15.6 Å². The third-order valence-corrected chi connectivity index (χ3v) is 3.74. The molecule has 0 radical (unpaired) electrons. The van der Waals surface area contributed by atoms with Crippen LogP contribution in [0.25, 0.3) is 17.8 Å². The minimum Gasteiger partial charge on any atom is -0.290 e. The number of nitrogens with one attached hydrogen (secondary N) is 1. The maximum Gasteiger partial charge on any atom is 0.283 e. The van der Waals surface area contributed by atoms with Crippen molar-refractivity contribution >= 4 is 17.9 Å². The van der Waals surface area contributed by atoms with Crippen molar-refractivity contribution in [3.8, 4) is 5.69 Å². The average molecular weight is 330 g/mol. The van der Waals surface area contributed by atoms with Gasteiger partial charge in [-0.3, -0.25) is 14.7 Å². The van der Waals surface area contributed by atoms with Crippen molar-refractivity contribution in [2.45, 2.75) is 6.92 Å². The Morgan fingerprint density at radius 3 is 2.24 bits per heavy atom. The van der Waals surface area contributed by atoms with Gasteiger partial charge in [-0.2, -0.15) is 0 Å². The highest BCUT2D eigenvalue weighted by atomic mass is 16.2. The third-order valence-electron chi connectivity index (χ3n) is 3.74. The Morgan fingerprint density at radius 2 is 1.60 bits per heavy atom. The lowest BCUT2D eigenvalue weighted by atomic mass is 10.1. The van der Waals surface area contributed by atoms with Crippen LogP contribution < -0.4 is 5.56 Å². The average Bonchev–Trinajstić information content (AvgIpc) is 2.98. The molecule has 0 aliphatic carbocycles. The van der Waals surface area contributed by atoms with E-state index in [9.17, 15) is 9.59 Å². The monoisotopic (exact) mass is 330 g/mol. The van der Waals surface area contributed by atoms with Crippen LogP contribution in [0.3, 0.4) is 0 Å². The predicted molar refractivity (Wildman–Crippen MR) is 101 cm³/mol. The number of benzene rings is 2. The summed E-state index contributed by atoms with van der Waals surface area (Å²) >= 11 is 0. The summed E-state index contributed by atoms with van der Waals surface area (Å²) in [6.45, 7) is 1.75. The lowest BCUT2D eigenvalue weighted by Gasteiger charge is -1.99. The van der Waals surface area contributed by atoms with E-state index in [-0.39, 0.29) is 16.9 Å². The third kappa shape index (κ3) is 3.58. The van der Waals surface area contributed by atoms with Gasteiger partial charge < -0.3 is 0 Å². The highest BCUT2D eigenvalue weighted by molar-refractivity contribution is 6.06. The van der Waals surface area contributed by atoms with Crippen LogP contribution in [0.5, 0.6) is 0 Å². The van der Waals surface area contributed by atoms with Gasteiger partial charge in [0.25, 0.3) is 5.56 Å². The van der Waals surface area contributed by atoms with Gasteiger partial charge >= 0.3 is 0 Å². The zero-order chi connectivity index (χ0) is 17.6. The van der Waals surface area contributed by atoms with Gasteiger partial charge in [0.15, 0.2) is 5.78 Å². The molecule has 4 nitrogen and oxygen atoms in total. The van der Waals surface area contributed by atoms with E-state index in [1.807, 2.05) is 66.7 Å². The Kier molecular flexibility index (Phi) is 4.90. The molecule has 0 saturated heterocycles. The molecule has 0 atom stereocenters. The van der Waals surface area contributed by atoms with E-state index in [0.717, 1.165) is 5.56 Å². The number of ketones is 1.